The zero-order valence-electron chi connectivity index (χ0n) is 13.3. The number of nitrogens with zero attached hydrogens (tertiary/aromatic N) is 1. The van der Waals surface area contributed by atoms with E-state index >= 15 is 0 Å². The number of amides is 3. The summed E-state index contributed by atoms with van der Waals surface area (Å²) in [5.74, 6) is -0.827. The molecule has 1 aromatic carbocycles. The standard InChI is InChI=1S/C15H17ClF3N3O3/c1-22(10-4-8(5-10)13(20)23)14(24)21-11-6-9(16)2-3-12(11)25-7-15(17,18)19/h2-3,6,8,10H,4-5,7H2,1H3,(H2,20,23)(H,21,24). The monoisotopic (exact) mass is 379 g/mol. The van der Waals surface area contributed by atoms with Gasteiger partial charge in [0.25, 0.3) is 0 Å². The summed E-state index contributed by atoms with van der Waals surface area (Å²) in [5.41, 5.74) is 5.21. The molecule has 0 aromatic heterocycles. The Bertz CT molecular complexity index is 663. The third-order valence-electron chi connectivity index (χ3n) is 3.96. The number of hydrogen-bond acceptors (Lipinski definition) is 3. The summed E-state index contributed by atoms with van der Waals surface area (Å²) in [6.45, 7) is -1.49. The molecular weight excluding hydrogens is 363 g/mol. The fourth-order valence-electron chi connectivity index (χ4n) is 2.39. The Kier molecular flexibility index (Phi) is 5.66. The molecule has 0 aliphatic heterocycles. The highest BCUT2D eigenvalue weighted by atomic mass is 35.5. The molecule has 25 heavy (non-hydrogen) atoms. The quantitative estimate of drug-likeness (QED) is 0.824. The van der Waals surface area contributed by atoms with Crippen LogP contribution in [0.5, 0.6) is 5.75 Å². The topological polar surface area (TPSA) is 84.7 Å². The van der Waals surface area contributed by atoms with E-state index in [-0.39, 0.29) is 28.4 Å². The van der Waals surface area contributed by atoms with E-state index in [4.69, 9.17) is 22.1 Å². The number of primary amides is 1. The van der Waals surface area contributed by atoms with E-state index in [0.29, 0.717) is 12.8 Å². The fourth-order valence-corrected chi connectivity index (χ4v) is 2.56. The van der Waals surface area contributed by atoms with Crippen molar-refractivity contribution in [3.63, 3.8) is 0 Å². The molecule has 0 saturated heterocycles. The largest absolute Gasteiger partial charge is 0.482 e. The predicted octanol–water partition coefficient (Wildman–Crippen LogP) is 3.01. The van der Waals surface area contributed by atoms with E-state index in [1.165, 1.54) is 30.1 Å². The second-order valence-corrected chi connectivity index (χ2v) is 6.25. The molecule has 1 aromatic rings. The number of urea groups is 1. The molecule has 10 heteroatoms. The Morgan fingerprint density at radius 2 is 2.04 bits per heavy atom. The lowest BCUT2D eigenvalue weighted by molar-refractivity contribution is -0.153. The van der Waals surface area contributed by atoms with Crippen molar-refractivity contribution in [1.82, 2.24) is 4.90 Å². The van der Waals surface area contributed by atoms with Gasteiger partial charge in [-0.15, -0.1) is 0 Å². The van der Waals surface area contributed by atoms with Crippen molar-refractivity contribution in [1.29, 1.82) is 0 Å². The molecule has 3 amide bonds. The van der Waals surface area contributed by atoms with Crippen LogP contribution in [0.4, 0.5) is 23.7 Å². The van der Waals surface area contributed by atoms with Crippen molar-refractivity contribution in [2.75, 3.05) is 19.0 Å². The van der Waals surface area contributed by atoms with E-state index in [9.17, 15) is 22.8 Å². The number of rotatable bonds is 5. The fraction of sp³-hybridized carbons (Fsp3) is 0.467. The zero-order valence-corrected chi connectivity index (χ0v) is 14.0. The molecule has 0 bridgehead atoms. The Hall–Kier alpha value is -2.16. The SMILES string of the molecule is CN(C(=O)Nc1cc(Cl)ccc1OCC(F)(F)F)C1CC(C(N)=O)C1. The molecular formula is C15H17ClF3N3O3. The van der Waals surface area contributed by atoms with Crippen LogP contribution in [0.2, 0.25) is 5.02 Å². The highest BCUT2D eigenvalue weighted by molar-refractivity contribution is 6.31. The number of hydrogen-bond donors (Lipinski definition) is 2. The zero-order chi connectivity index (χ0) is 18.8. The molecule has 0 radical (unpaired) electrons. The van der Waals surface area contributed by atoms with Crippen molar-refractivity contribution in [2.24, 2.45) is 11.7 Å². The number of carbonyl (C=O) groups is 2. The van der Waals surface area contributed by atoms with Crippen LogP contribution in [0.1, 0.15) is 12.8 Å². The third kappa shape index (κ3) is 5.15. The number of carbonyl (C=O) groups excluding carboxylic acids is 2. The Morgan fingerprint density at radius 1 is 1.40 bits per heavy atom. The van der Waals surface area contributed by atoms with Crippen LogP contribution < -0.4 is 15.8 Å². The highest BCUT2D eigenvalue weighted by Crippen LogP contribution is 2.33. The number of ether oxygens (including phenoxy) is 1. The Balaban J connectivity index is 2.02. The number of anilines is 1. The van der Waals surface area contributed by atoms with Crippen LogP contribution in [0, 0.1) is 5.92 Å². The van der Waals surface area contributed by atoms with Crippen LogP contribution in [0.3, 0.4) is 0 Å². The lowest BCUT2D eigenvalue weighted by Gasteiger charge is -2.39. The summed E-state index contributed by atoms with van der Waals surface area (Å²) in [4.78, 5) is 24.7. The maximum atomic E-state index is 12.3. The minimum absolute atomic E-state index is 0.0272. The van der Waals surface area contributed by atoms with Gasteiger partial charge in [0.1, 0.15) is 5.75 Å². The van der Waals surface area contributed by atoms with Crippen LogP contribution >= 0.6 is 11.6 Å². The van der Waals surface area contributed by atoms with Crippen molar-refractivity contribution < 1.29 is 27.5 Å². The second-order valence-electron chi connectivity index (χ2n) is 5.81. The molecule has 138 valence electrons. The van der Waals surface area contributed by atoms with Gasteiger partial charge in [0.15, 0.2) is 6.61 Å². The van der Waals surface area contributed by atoms with Gasteiger partial charge in [0, 0.05) is 24.0 Å². The van der Waals surface area contributed by atoms with Gasteiger partial charge in [-0.2, -0.15) is 13.2 Å². The first-order valence-corrected chi connectivity index (χ1v) is 7.77. The average Bonchev–Trinajstić information content (AvgIpc) is 2.43. The molecule has 0 atom stereocenters. The summed E-state index contributed by atoms with van der Waals surface area (Å²) < 4.78 is 41.7. The number of nitrogens with one attached hydrogen (secondary N) is 1. The van der Waals surface area contributed by atoms with Gasteiger partial charge < -0.3 is 20.7 Å². The van der Waals surface area contributed by atoms with E-state index in [0.717, 1.165) is 0 Å². The molecule has 2 rings (SSSR count). The molecule has 1 aliphatic carbocycles. The highest BCUT2D eigenvalue weighted by Gasteiger charge is 2.37. The maximum absolute atomic E-state index is 12.3. The summed E-state index contributed by atoms with van der Waals surface area (Å²) in [7, 11) is 1.53. The van der Waals surface area contributed by atoms with E-state index in [1.54, 1.807) is 0 Å². The van der Waals surface area contributed by atoms with Gasteiger partial charge in [0.2, 0.25) is 5.91 Å². The summed E-state index contributed by atoms with van der Waals surface area (Å²) >= 11 is 5.83. The summed E-state index contributed by atoms with van der Waals surface area (Å²) in [6.07, 6.45) is -3.61. The molecule has 0 spiro atoms. The van der Waals surface area contributed by atoms with Crippen molar-refractivity contribution in [2.45, 2.75) is 25.1 Å². The second kappa shape index (κ2) is 7.38. The third-order valence-corrected chi connectivity index (χ3v) is 4.19. The van der Waals surface area contributed by atoms with Crippen LogP contribution in [0.25, 0.3) is 0 Å². The van der Waals surface area contributed by atoms with E-state index in [2.05, 4.69) is 5.32 Å². The normalized spacial score (nSPS) is 19.7. The van der Waals surface area contributed by atoms with Gasteiger partial charge in [-0.3, -0.25) is 4.79 Å². The number of alkyl halides is 3. The van der Waals surface area contributed by atoms with Gasteiger partial charge in [-0.05, 0) is 31.0 Å². The van der Waals surface area contributed by atoms with E-state index in [1.807, 2.05) is 0 Å². The molecule has 1 fully saturated rings. The van der Waals surface area contributed by atoms with Crippen LogP contribution in [-0.2, 0) is 4.79 Å². The van der Waals surface area contributed by atoms with E-state index < -0.39 is 24.7 Å². The molecule has 6 nitrogen and oxygen atoms in total. The molecule has 1 saturated carbocycles. The lowest BCUT2D eigenvalue weighted by atomic mass is 9.79. The summed E-state index contributed by atoms with van der Waals surface area (Å²) in [6, 6.07) is 3.18. The van der Waals surface area contributed by atoms with Crippen LogP contribution in [-0.4, -0.2) is 42.7 Å². The van der Waals surface area contributed by atoms with Gasteiger partial charge >= 0.3 is 12.2 Å². The first kappa shape index (κ1) is 19.2. The van der Waals surface area contributed by atoms with Gasteiger partial charge in [-0.25, -0.2) is 4.79 Å². The Labute approximate surface area is 147 Å². The summed E-state index contributed by atoms with van der Waals surface area (Å²) in [5, 5.41) is 2.71. The number of nitrogens with two attached hydrogens (primary N) is 1. The minimum Gasteiger partial charge on any atom is -0.482 e. The molecule has 1 aliphatic rings. The smallest absolute Gasteiger partial charge is 0.422 e. The van der Waals surface area contributed by atoms with Gasteiger partial charge in [-0.1, -0.05) is 11.6 Å². The van der Waals surface area contributed by atoms with Crippen molar-refractivity contribution in [3.8, 4) is 5.75 Å². The lowest BCUT2D eigenvalue weighted by Crippen LogP contribution is -2.50. The van der Waals surface area contributed by atoms with Gasteiger partial charge in [0.05, 0.1) is 5.69 Å². The maximum Gasteiger partial charge on any atom is 0.422 e. The minimum atomic E-state index is -4.51. The molecule has 0 heterocycles. The number of halogens is 4. The number of benzene rings is 1. The van der Waals surface area contributed by atoms with Crippen molar-refractivity contribution >= 4 is 29.2 Å². The average molecular weight is 380 g/mol. The van der Waals surface area contributed by atoms with Crippen LogP contribution in [0.15, 0.2) is 18.2 Å². The molecule has 3 N–H and O–H groups in total. The molecule has 0 unspecified atom stereocenters. The van der Waals surface area contributed by atoms with Crippen molar-refractivity contribution in [3.05, 3.63) is 23.2 Å². The Morgan fingerprint density at radius 3 is 2.60 bits per heavy atom. The first-order chi connectivity index (χ1) is 11.6. The first-order valence-electron chi connectivity index (χ1n) is 7.39. The predicted molar refractivity (Wildman–Crippen MR) is 85.5 cm³/mol.